The molecule has 0 spiro atoms. The summed E-state index contributed by atoms with van der Waals surface area (Å²) in [6, 6.07) is 2.01. The minimum Gasteiger partial charge on any atom is -0.389 e. The summed E-state index contributed by atoms with van der Waals surface area (Å²) < 4.78 is 13.1. The second-order valence-electron chi connectivity index (χ2n) is 5.81. The van der Waals surface area contributed by atoms with Crippen LogP contribution in [0, 0.1) is 0 Å². The first-order chi connectivity index (χ1) is 7.86. The number of nitrogens with one attached hydrogen (secondary N) is 1. The largest absolute Gasteiger partial charge is 0.389 e. The molecule has 0 aromatic carbocycles. The SMILES string of the molecule is CC(C)(C)c1cc(CN2C[C@@H](O)[C@H](F)C2)[nH]n1. The monoisotopic (exact) mass is 241 g/mol. The van der Waals surface area contributed by atoms with Crippen molar-refractivity contribution in [1.82, 2.24) is 15.1 Å². The van der Waals surface area contributed by atoms with Crippen LogP contribution in [-0.2, 0) is 12.0 Å². The zero-order chi connectivity index (χ0) is 12.6. The van der Waals surface area contributed by atoms with Gasteiger partial charge in [-0.2, -0.15) is 5.10 Å². The number of aliphatic hydroxyl groups excluding tert-OH is 1. The molecule has 0 unspecified atom stereocenters. The van der Waals surface area contributed by atoms with E-state index in [9.17, 15) is 9.50 Å². The fourth-order valence-electron chi connectivity index (χ4n) is 2.02. The summed E-state index contributed by atoms with van der Waals surface area (Å²) in [6.45, 7) is 7.61. The zero-order valence-electron chi connectivity index (χ0n) is 10.6. The van der Waals surface area contributed by atoms with Gasteiger partial charge >= 0.3 is 0 Å². The number of halogens is 1. The van der Waals surface area contributed by atoms with Gasteiger partial charge in [0.05, 0.1) is 11.8 Å². The quantitative estimate of drug-likeness (QED) is 0.818. The molecule has 2 rings (SSSR count). The molecule has 1 aliphatic heterocycles. The summed E-state index contributed by atoms with van der Waals surface area (Å²) >= 11 is 0. The van der Waals surface area contributed by atoms with E-state index in [0.717, 1.165) is 11.4 Å². The van der Waals surface area contributed by atoms with Gasteiger partial charge in [0, 0.05) is 30.7 Å². The van der Waals surface area contributed by atoms with Crippen molar-refractivity contribution >= 4 is 0 Å². The average molecular weight is 241 g/mol. The molecule has 5 heteroatoms. The molecule has 0 saturated carbocycles. The van der Waals surface area contributed by atoms with Crippen LogP contribution in [0.25, 0.3) is 0 Å². The molecule has 17 heavy (non-hydrogen) atoms. The predicted octanol–water partition coefficient (Wildman–Crippen LogP) is 1.22. The van der Waals surface area contributed by atoms with Gasteiger partial charge in [0.1, 0.15) is 6.17 Å². The Hall–Kier alpha value is -0.940. The fraction of sp³-hybridized carbons (Fsp3) is 0.750. The molecule has 96 valence electrons. The molecule has 1 aliphatic rings. The first-order valence-corrected chi connectivity index (χ1v) is 5.95. The number of rotatable bonds is 2. The number of aromatic amines is 1. The summed E-state index contributed by atoms with van der Waals surface area (Å²) in [5, 5.41) is 16.6. The van der Waals surface area contributed by atoms with Crippen molar-refractivity contribution in [2.24, 2.45) is 0 Å². The molecule has 0 aliphatic carbocycles. The van der Waals surface area contributed by atoms with E-state index in [1.54, 1.807) is 0 Å². The second-order valence-corrected chi connectivity index (χ2v) is 5.81. The third kappa shape index (κ3) is 2.84. The maximum Gasteiger partial charge on any atom is 0.140 e. The van der Waals surface area contributed by atoms with Crippen molar-refractivity contribution < 1.29 is 9.50 Å². The highest BCUT2D eigenvalue weighted by atomic mass is 19.1. The van der Waals surface area contributed by atoms with Crippen molar-refractivity contribution in [2.45, 2.75) is 45.0 Å². The number of nitrogens with zero attached hydrogens (tertiary/aromatic N) is 2. The van der Waals surface area contributed by atoms with Crippen LogP contribution in [0.3, 0.4) is 0 Å². The Labute approximate surface area is 101 Å². The van der Waals surface area contributed by atoms with Crippen LogP contribution in [0.2, 0.25) is 0 Å². The number of β-amino-alcohol motifs (C(OH)–C–C–N with tert-alkyl or cyclic N) is 1. The minimum atomic E-state index is -1.12. The Balaban J connectivity index is 1.98. The van der Waals surface area contributed by atoms with Gasteiger partial charge in [-0.1, -0.05) is 20.8 Å². The lowest BCUT2D eigenvalue weighted by Crippen LogP contribution is -2.21. The molecule has 1 aromatic heterocycles. The van der Waals surface area contributed by atoms with E-state index in [1.807, 2.05) is 11.0 Å². The number of H-pyrrole nitrogens is 1. The molecule has 4 nitrogen and oxygen atoms in total. The highest BCUT2D eigenvalue weighted by Gasteiger charge is 2.31. The average Bonchev–Trinajstić information content (AvgIpc) is 2.75. The van der Waals surface area contributed by atoms with Gasteiger partial charge in [-0.3, -0.25) is 10.00 Å². The normalized spacial score (nSPS) is 26.6. The van der Waals surface area contributed by atoms with Crippen molar-refractivity contribution in [3.05, 3.63) is 17.5 Å². The van der Waals surface area contributed by atoms with E-state index < -0.39 is 12.3 Å². The summed E-state index contributed by atoms with van der Waals surface area (Å²) in [6.07, 6.45) is -1.97. The molecule has 0 radical (unpaired) electrons. The third-order valence-electron chi connectivity index (χ3n) is 3.09. The highest BCUT2D eigenvalue weighted by Crippen LogP contribution is 2.22. The van der Waals surface area contributed by atoms with Gasteiger partial charge in [0.25, 0.3) is 0 Å². The Morgan fingerprint density at radius 2 is 2.24 bits per heavy atom. The van der Waals surface area contributed by atoms with Gasteiger partial charge in [-0.25, -0.2) is 4.39 Å². The molecule has 1 saturated heterocycles. The molecule has 2 atom stereocenters. The molecular weight excluding hydrogens is 221 g/mol. The molecular formula is C12H20FN3O. The number of likely N-dealkylation sites (tertiary alicyclic amines) is 1. The maximum atomic E-state index is 13.1. The highest BCUT2D eigenvalue weighted by molar-refractivity contribution is 5.16. The first kappa shape index (κ1) is 12.5. The summed E-state index contributed by atoms with van der Waals surface area (Å²) in [4.78, 5) is 1.90. The predicted molar refractivity (Wildman–Crippen MR) is 63.5 cm³/mol. The number of aliphatic hydroxyl groups is 1. The van der Waals surface area contributed by atoms with Gasteiger partial charge < -0.3 is 5.11 Å². The standard InChI is InChI=1S/C12H20FN3O/c1-12(2,3)11-4-8(14-15-11)5-16-6-9(13)10(17)7-16/h4,9-10,17H,5-7H2,1-3H3,(H,14,15)/t9-,10-/m1/s1. The van der Waals surface area contributed by atoms with E-state index >= 15 is 0 Å². The summed E-state index contributed by atoms with van der Waals surface area (Å²) in [5.41, 5.74) is 1.99. The zero-order valence-corrected chi connectivity index (χ0v) is 10.6. The topological polar surface area (TPSA) is 52.1 Å². The van der Waals surface area contributed by atoms with Crippen LogP contribution in [0.5, 0.6) is 0 Å². The van der Waals surface area contributed by atoms with E-state index in [4.69, 9.17) is 0 Å². The number of hydrogen-bond acceptors (Lipinski definition) is 3. The number of hydrogen-bond donors (Lipinski definition) is 2. The lowest BCUT2D eigenvalue weighted by Gasteiger charge is -2.14. The Morgan fingerprint density at radius 3 is 2.71 bits per heavy atom. The molecule has 1 aromatic rings. The number of alkyl halides is 1. The van der Waals surface area contributed by atoms with Crippen LogP contribution < -0.4 is 0 Å². The van der Waals surface area contributed by atoms with Crippen LogP contribution in [0.15, 0.2) is 6.07 Å². The minimum absolute atomic E-state index is 0.0158. The van der Waals surface area contributed by atoms with Gasteiger partial charge in [0.2, 0.25) is 0 Å². The summed E-state index contributed by atoms with van der Waals surface area (Å²) in [5.74, 6) is 0. The van der Waals surface area contributed by atoms with Gasteiger partial charge in [-0.05, 0) is 6.07 Å². The van der Waals surface area contributed by atoms with E-state index in [0.29, 0.717) is 19.6 Å². The summed E-state index contributed by atoms with van der Waals surface area (Å²) in [7, 11) is 0. The van der Waals surface area contributed by atoms with Gasteiger partial charge in [-0.15, -0.1) is 0 Å². The fourth-order valence-corrected chi connectivity index (χ4v) is 2.02. The molecule has 0 amide bonds. The molecule has 1 fully saturated rings. The van der Waals surface area contributed by atoms with Crippen LogP contribution in [-0.4, -0.2) is 45.6 Å². The van der Waals surface area contributed by atoms with Crippen LogP contribution in [0.1, 0.15) is 32.2 Å². The third-order valence-corrected chi connectivity index (χ3v) is 3.09. The van der Waals surface area contributed by atoms with Gasteiger partial charge in [0.15, 0.2) is 0 Å². The molecule has 0 bridgehead atoms. The number of aromatic nitrogens is 2. The van der Waals surface area contributed by atoms with Crippen molar-refractivity contribution in [1.29, 1.82) is 0 Å². The smallest absolute Gasteiger partial charge is 0.140 e. The lowest BCUT2D eigenvalue weighted by atomic mass is 9.92. The Morgan fingerprint density at radius 1 is 1.53 bits per heavy atom. The molecule has 2 heterocycles. The van der Waals surface area contributed by atoms with Crippen molar-refractivity contribution in [2.75, 3.05) is 13.1 Å². The van der Waals surface area contributed by atoms with Crippen LogP contribution in [0.4, 0.5) is 4.39 Å². The van der Waals surface area contributed by atoms with Crippen molar-refractivity contribution in [3.63, 3.8) is 0 Å². The second kappa shape index (κ2) is 4.38. The maximum absolute atomic E-state index is 13.1. The Kier molecular flexibility index (Phi) is 3.23. The van der Waals surface area contributed by atoms with E-state index in [-0.39, 0.29) is 5.41 Å². The Bertz CT molecular complexity index is 375. The first-order valence-electron chi connectivity index (χ1n) is 5.95. The van der Waals surface area contributed by atoms with E-state index in [2.05, 4.69) is 31.0 Å². The van der Waals surface area contributed by atoms with Crippen molar-refractivity contribution in [3.8, 4) is 0 Å². The molecule has 2 N–H and O–H groups in total. The van der Waals surface area contributed by atoms with E-state index in [1.165, 1.54) is 0 Å². The van der Waals surface area contributed by atoms with Crippen LogP contribution >= 0.6 is 0 Å². The lowest BCUT2D eigenvalue weighted by molar-refractivity contribution is 0.115.